The lowest BCUT2D eigenvalue weighted by atomic mass is 10.1. The van der Waals surface area contributed by atoms with Crippen LogP contribution < -0.4 is 5.73 Å². The summed E-state index contributed by atoms with van der Waals surface area (Å²) in [4.78, 5) is 9.97. The minimum Gasteiger partial charge on any atom is -0.325 e. The van der Waals surface area contributed by atoms with Gasteiger partial charge in [0, 0.05) is 12.1 Å². The number of rotatable bonds is 3. The van der Waals surface area contributed by atoms with Crippen LogP contribution in [-0.4, -0.2) is 11.0 Å². The molecule has 0 aliphatic carbocycles. The predicted molar refractivity (Wildman–Crippen MR) is 60.8 cm³/mol. The van der Waals surface area contributed by atoms with E-state index >= 15 is 0 Å². The van der Waals surface area contributed by atoms with Crippen LogP contribution in [-0.2, 0) is 0 Å². The van der Waals surface area contributed by atoms with Crippen molar-refractivity contribution in [3.63, 3.8) is 0 Å². The number of halogens is 1. The minimum absolute atomic E-state index is 0.0565. The summed E-state index contributed by atoms with van der Waals surface area (Å²) in [5.74, 6) is 0. The number of nitrogens with zero attached hydrogens (tertiary/aromatic N) is 1. The summed E-state index contributed by atoms with van der Waals surface area (Å²) in [6.07, 6.45) is 3.57. The maximum absolute atomic E-state index is 10.5. The van der Waals surface area contributed by atoms with Crippen LogP contribution in [0.4, 0.5) is 5.69 Å². The third-order valence-corrected chi connectivity index (χ3v) is 2.06. The highest BCUT2D eigenvalue weighted by Crippen LogP contribution is 2.25. The Morgan fingerprint density at radius 2 is 2.27 bits per heavy atom. The number of nitro benzene ring substituents is 1. The second kappa shape index (κ2) is 4.91. The van der Waals surface area contributed by atoms with Crippen molar-refractivity contribution in [2.24, 2.45) is 5.73 Å². The molecule has 0 saturated heterocycles. The molecule has 0 saturated carbocycles. The molecule has 0 aromatic heterocycles. The van der Waals surface area contributed by atoms with E-state index in [4.69, 9.17) is 17.3 Å². The van der Waals surface area contributed by atoms with Crippen LogP contribution in [0.1, 0.15) is 12.5 Å². The van der Waals surface area contributed by atoms with E-state index in [1.165, 1.54) is 6.07 Å². The first-order chi connectivity index (χ1) is 7.00. The fraction of sp³-hybridized carbons (Fsp3) is 0.200. The van der Waals surface area contributed by atoms with Gasteiger partial charge in [0.1, 0.15) is 5.02 Å². The van der Waals surface area contributed by atoms with Gasteiger partial charge < -0.3 is 5.73 Å². The van der Waals surface area contributed by atoms with Gasteiger partial charge in [0.25, 0.3) is 5.69 Å². The second-order valence-electron chi connectivity index (χ2n) is 3.19. The number of hydrogen-bond donors (Lipinski definition) is 1. The molecule has 80 valence electrons. The van der Waals surface area contributed by atoms with Gasteiger partial charge in [-0.05, 0) is 24.6 Å². The van der Waals surface area contributed by atoms with E-state index < -0.39 is 4.92 Å². The summed E-state index contributed by atoms with van der Waals surface area (Å²) in [5.41, 5.74) is 6.23. The first kappa shape index (κ1) is 11.7. The van der Waals surface area contributed by atoms with E-state index in [0.717, 1.165) is 5.56 Å². The number of nitrogens with two attached hydrogens (primary N) is 1. The third-order valence-electron chi connectivity index (χ3n) is 1.76. The molecule has 0 aliphatic heterocycles. The van der Waals surface area contributed by atoms with Crippen molar-refractivity contribution < 1.29 is 4.92 Å². The molecule has 0 spiro atoms. The molecule has 0 bridgehead atoms. The Hall–Kier alpha value is -1.39. The highest BCUT2D eigenvalue weighted by molar-refractivity contribution is 6.32. The van der Waals surface area contributed by atoms with Crippen molar-refractivity contribution >= 4 is 23.4 Å². The van der Waals surface area contributed by atoms with Crippen molar-refractivity contribution in [1.82, 2.24) is 0 Å². The molecule has 0 fully saturated rings. The number of nitro groups is 1. The zero-order valence-electron chi connectivity index (χ0n) is 8.18. The summed E-state index contributed by atoms with van der Waals surface area (Å²) in [6.45, 7) is 1.84. The lowest BCUT2D eigenvalue weighted by Crippen LogP contribution is -2.09. The van der Waals surface area contributed by atoms with E-state index in [1.54, 1.807) is 24.3 Å². The van der Waals surface area contributed by atoms with Gasteiger partial charge in [-0.1, -0.05) is 23.8 Å². The lowest BCUT2D eigenvalue weighted by Gasteiger charge is -1.98. The molecule has 2 N–H and O–H groups in total. The molecule has 0 heterocycles. The maximum atomic E-state index is 10.5. The fourth-order valence-corrected chi connectivity index (χ4v) is 1.30. The summed E-state index contributed by atoms with van der Waals surface area (Å²) in [5, 5.41) is 10.6. The van der Waals surface area contributed by atoms with Crippen LogP contribution in [0.15, 0.2) is 24.3 Å². The van der Waals surface area contributed by atoms with Crippen LogP contribution in [0, 0.1) is 10.1 Å². The first-order valence-electron chi connectivity index (χ1n) is 4.38. The molecule has 0 amide bonds. The fourth-order valence-electron chi connectivity index (χ4n) is 1.04. The Morgan fingerprint density at radius 3 is 2.73 bits per heavy atom. The van der Waals surface area contributed by atoms with Crippen molar-refractivity contribution in [2.45, 2.75) is 13.0 Å². The van der Waals surface area contributed by atoms with Gasteiger partial charge in [0.05, 0.1) is 4.92 Å². The van der Waals surface area contributed by atoms with Crippen molar-refractivity contribution in [3.8, 4) is 0 Å². The van der Waals surface area contributed by atoms with E-state index in [2.05, 4.69) is 0 Å². The molecule has 1 aromatic carbocycles. The molecular weight excluding hydrogens is 216 g/mol. The zero-order valence-corrected chi connectivity index (χ0v) is 8.94. The molecule has 1 unspecified atom stereocenters. The zero-order chi connectivity index (χ0) is 11.4. The Kier molecular flexibility index (Phi) is 3.82. The molecule has 4 nitrogen and oxygen atoms in total. The standard InChI is InChI=1S/C10H11ClN2O2/c1-7(12)2-3-8-4-5-10(13(14)15)9(11)6-8/h2-7H,12H2,1H3/b3-2+. The van der Waals surface area contributed by atoms with Crippen LogP contribution in [0.25, 0.3) is 6.08 Å². The highest BCUT2D eigenvalue weighted by atomic mass is 35.5. The Labute approximate surface area is 92.5 Å². The molecular formula is C10H11ClN2O2. The minimum atomic E-state index is -0.513. The lowest BCUT2D eigenvalue weighted by molar-refractivity contribution is -0.384. The molecule has 1 aromatic rings. The normalized spacial score (nSPS) is 13.0. The summed E-state index contributed by atoms with van der Waals surface area (Å²) < 4.78 is 0. The van der Waals surface area contributed by atoms with E-state index in [1.807, 2.05) is 6.92 Å². The monoisotopic (exact) mass is 226 g/mol. The van der Waals surface area contributed by atoms with Gasteiger partial charge in [0.2, 0.25) is 0 Å². The van der Waals surface area contributed by atoms with Gasteiger partial charge in [-0.25, -0.2) is 0 Å². The largest absolute Gasteiger partial charge is 0.325 e. The molecule has 0 aliphatic rings. The first-order valence-corrected chi connectivity index (χ1v) is 4.76. The van der Waals surface area contributed by atoms with Crippen LogP contribution in [0.2, 0.25) is 5.02 Å². The Morgan fingerprint density at radius 1 is 1.60 bits per heavy atom. The van der Waals surface area contributed by atoms with Crippen molar-refractivity contribution in [2.75, 3.05) is 0 Å². The summed E-state index contributed by atoms with van der Waals surface area (Å²) in [6, 6.07) is 4.49. The Bertz CT molecular complexity index is 402. The van der Waals surface area contributed by atoms with Gasteiger partial charge in [-0.3, -0.25) is 10.1 Å². The summed E-state index contributed by atoms with van der Waals surface area (Å²) in [7, 11) is 0. The molecule has 0 radical (unpaired) electrons. The van der Waals surface area contributed by atoms with Gasteiger partial charge in [-0.2, -0.15) is 0 Å². The van der Waals surface area contributed by atoms with Gasteiger partial charge in [-0.15, -0.1) is 0 Å². The third kappa shape index (κ3) is 3.34. The van der Waals surface area contributed by atoms with E-state index in [0.29, 0.717) is 0 Å². The van der Waals surface area contributed by atoms with E-state index in [9.17, 15) is 10.1 Å². The van der Waals surface area contributed by atoms with Gasteiger partial charge in [0.15, 0.2) is 0 Å². The molecule has 1 atom stereocenters. The van der Waals surface area contributed by atoms with Crippen molar-refractivity contribution in [3.05, 3.63) is 45.0 Å². The molecule has 1 rings (SSSR count). The SMILES string of the molecule is CC(N)/C=C/c1ccc([N+](=O)[O-])c(Cl)c1. The van der Waals surface area contributed by atoms with E-state index in [-0.39, 0.29) is 16.8 Å². The smallest absolute Gasteiger partial charge is 0.287 e. The number of hydrogen-bond acceptors (Lipinski definition) is 3. The van der Waals surface area contributed by atoms with Gasteiger partial charge >= 0.3 is 0 Å². The topological polar surface area (TPSA) is 69.2 Å². The molecule has 5 heteroatoms. The molecule has 15 heavy (non-hydrogen) atoms. The number of benzene rings is 1. The average Bonchev–Trinajstić information content (AvgIpc) is 2.14. The maximum Gasteiger partial charge on any atom is 0.287 e. The van der Waals surface area contributed by atoms with Crippen LogP contribution in [0.3, 0.4) is 0 Å². The quantitative estimate of drug-likeness (QED) is 0.636. The average molecular weight is 227 g/mol. The Balaban J connectivity index is 2.97. The summed E-state index contributed by atoms with van der Waals surface area (Å²) >= 11 is 5.73. The second-order valence-corrected chi connectivity index (χ2v) is 3.59. The van der Waals surface area contributed by atoms with Crippen LogP contribution in [0.5, 0.6) is 0 Å². The highest BCUT2D eigenvalue weighted by Gasteiger charge is 2.10. The van der Waals surface area contributed by atoms with Crippen molar-refractivity contribution in [1.29, 1.82) is 0 Å². The van der Waals surface area contributed by atoms with Crippen LogP contribution >= 0.6 is 11.6 Å². The predicted octanol–water partition coefficient (Wildman–Crippen LogP) is 2.61.